The molecule has 114 valence electrons. The molecule has 0 saturated carbocycles. The van der Waals surface area contributed by atoms with Crippen LogP contribution in [0.15, 0.2) is 18.2 Å². The number of carbonyl (C=O) groups excluding carboxylic acids is 1. The molecule has 0 bridgehead atoms. The molecule has 1 aliphatic rings. The fraction of sp³-hybridized carbons (Fsp3) is 0.500. The summed E-state index contributed by atoms with van der Waals surface area (Å²) in [7, 11) is 1.40. The molecule has 1 aromatic carbocycles. The second-order valence-electron chi connectivity index (χ2n) is 5.56. The van der Waals surface area contributed by atoms with Gasteiger partial charge in [0.2, 0.25) is 5.91 Å². The number of primary amides is 1. The Kier molecular flexibility index (Phi) is 4.02. The Morgan fingerprint density at radius 1 is 1.52 bits per heavy atom. The SMILES string of the molecule is COc1cc(N2CCCC(C)(C(N)=O)C2)ccc1[N+](=O)[O-]. The molecule has 2 N–H and O–H groups in total. The van der Waals surface area contributed by atoms with Crippen LogP contribution in [0.3, 0.4) is 0 Å². The van der Waals surface area contributed by atoms with E-state index in [9.17, 15) is 14.9 Å². The molecule has 2 rings (SSSR count). The van der Waals surface area contributed by atoms with Crippen molar-refractivity contribution in [2.24, 2.45) is 11.1 Å². The Morgan fingerprint density at radius 3 is 2.81 bits per heavy atom. The van der Waals surface area contributed by atoms with Crippen LogP contribution >= 0.6 is 0 Å². The van der Waals surface area contributed by atoms with Gasteiger partial charge in [0.25, 0.3) is 0 Å². The average Bonchev–Trinajstić information content (AvgIpc) is 2.46. The fourth-order valence-electron chi connectivity index (χ4n) is 2.67. The first-order chi connectivity index (χ1) is 9.87. The number of nitrogens with zero attached hydrogens (tertiary/aromatic N) is 2. The number of rotatable bonds is 4. The highest BCUT2D eigenvalue weighted by atomic mass is 16.6. The lowest BCUT2D eigenvalue weighted by Crippen LogP contribution is -2.48. The van der Waals surface area contributed by atoms with Crippen LogP contribution in [0.1, 0.15) is 19.8 Å². The molecule has 1 saturated heterocycles. The minimum atomic E-state index is -0.576. The number of amides is 1. The highest BCUT2D eigenvalue weighted by molar-refractivity contribution is 5.81. The second-order valence-corrected chi connectivity index (χ2v) is 5.56. The van der Waals surface area contributed by atoms with E-state index in [1.165, 1.54) is 13.2 Å². The summed E-state index contributed by atoms with van der Waals surface area (Å²) >= 11 is 0. The summed E-state index contributed by atoms with van der Waals surface area (Å²) in [5, 5.41) is 10.9. The number of nitro benzene ring substituents is 1. The number of ether oxygens (including phenoxy) is 1. The maximum atomic E-state index is 11.6. The largest absolute Gasteiger partial charge is 0.490 e. The molecule has 0 aliphatic carbocycles. The van der Waals surface area contributed by atoms with Gasteiger partial charge >= 0.3 is 5.69 Å². The third-order valence-electron chi connectivity index (χ3n) is 4.02. The van der Waals surface area contributed by atoms with Crippen molar-refractivity contribution in [1.82, 2.24) is 0 Å². The first-order valence-electron chi connectivity index (χ1n) is 6.75. The number of piperidine rings is 1. The molecule has 1 unspecified atom stereocenters. The lowest BCUT2D eigenvalue weighted by Gasteiger charge is -2.39. The topological polar surface area (TPSA) is 98.7 Å². The van der Waals surface area contributed by atoms with Crippen LogP contribution < -0.4 is 15.4 Å². The van der Waals surface area contributed by atoms with Crippen molar-refractivity contribution in [3.05, 3.63) is 28.3 Å². The number of methoxy groups -OCH3 is 1. The Bertz CT molecular complexity index is 575. The molecule has 7 nitrogen and oxygen atoms in total. The number of hydrogen-bond donors (Lipinski definition) is 1. The van der Waals surface area contributed by atoms with Crippen LogP contribution in [0.25, 0.3) is 0 Å². The van der Waals surface area contributed by atoms with Crippen LogP contribution in [0, 0.1) is 15.5 Å². The van der Waals surface area contributed by atoms with Crippen molar-refractivity contribution in [3.63, 3.8) is 0 Å². The smallest absolute Gasteiger partial charge is 0.311 e. The molecular weight excluding hydrogens is 274 g/mol. The van der Waals surface area contributed by atoms with Crippen LogP contribution in [-0.2, 0) is 4.79 Å². The maximum absolute atomic E-state index is 11.6. The van der Waals surface area contributed by atoms with Gasteiger partial charge in [-0.05, 0) is 25.8 Å². The molecular formula is C14H19N3O4. The normalized spacial score (nSPS) is 21.9. The quantitative estimate of drug-likeness (QED) is 0.673. The van der Waals surface area contributed by atoms with Gasteiger partial charge in [-0.15, -0.1) is 0 Å². The van der Waals surface area contributed by atoms with E-state index in [0.29, 0.717) is 6.54 Å². The zero-order valence-electron chi connectivity index (χ0n) is 12.2. The zero-order valence-corrected chi connectivity index (χ0v) is 12.2. The summed E-state index contributed by atoms with van der Waals surface area (Å²) in [6.07, 6.45) is 1.60. The van der Waals surface area contributed by atoms with E-state index in [0.717, 1.165) is 25.1 Å². The first-order valence-corrected chi connectivity index (χ1v) is 6.75. The van der Waals surface area contributed by atoms with Crippen molar-refractivity contribution in [3.8, 4) is 5.75 Å². The molecule has 7 heteroatoms. The fourth-order valence-corrected chi connectivity index (χ4v) is 2.67. The summed E-state index contributed by atoms with van der Waals surface area (Å²) < 4.78 is 5.08. The number of hydrogen-bond acceptors (Lipinski definition) is 5. The monoisotopic (exact) mass is 293 g/mol. The van der Waals surface area contributed by atoms with Gasteiger partial charge in [0.1, 0.15) is 0 Å². The number of carbonyl (C=O) groups is 1. The summed E-state index contributed by atoms with van der Waals surface area (Å²) in [5.41, 5.74) is 5.63. The maximum Gasteiger partial charge on any atom is 0.311 e. The van der Waals surface area contributed by atoms with Gasteiger partial charge in [0.05, 0.1) is 17.4 Å². The first kappa shape index (κ1) is 15.1. The highest BCUT2D eigenvalue weighted by Gasteiger charge is 2.36. The Morgan fingerprint density at radius 2 is 2.24 bits per heavy atom. The molecule has 21 heavy (non-hydrogen) atoms. The summed E-state index contributed by atoms with van der Waals surface area (Å²) in [5.74, 6) is -0.107. The summed E-state index contributed by atoms with van der Waals surface area (Å²) in [4.78, 5) is 24.0. The van der Waals surface area contributed by atoms with Gasteiger partial charge in [-0.25, -0.2) is 0 Å². The molecule has 1 amide bonds. The lowest BCUT2D eigenvalue weighted by atomic mass is 9.81. The van der Waals surface area contributed by atoms with E-state index in [1.54, 1.807) is 12.1 Å². The van der Waals surface area contributed by atoms with Crippen molar-refractivity contribution in [1.29, 1.82) is 0 Å². The van der Waals surface area contributed by atoms with Crippen molar-refractivity contribution >= 4 is 17.3 Å². The van der Waals surface area contributed by atoms with Crippen molar-refractivity contribution in [2.45, 2.75) is 19.8 Å². The summed E-state index contributed by atoms with van der Waals surface area (Å²) in [6.45, 7) is 3.14. The van der Waals surface area contributed by atoms with Crippen LogP contribution in [0.5, 0.6) is 5.75 Å². The molecule has 0 radical (unpaired) electrons. The number of anilines is 1. The third kappa shape index (κ3) is 2.91. The minimum absolute atomic E-state index is 0.0732. The third-order valence-corrected chi connectivity index (χ3v) is 4.02. The van der Waals surface area contributed by atoms with Crippen LogP contribution in [0.2, 0.25) is 0 Å². The van der Waals surface area contributed by atoms with E-state index < -0.39 is 10.3 Å². The zero-order chi connectivity index (χ0) is 15.6. The predicted molar refractivity (Wildman–Crippen MR) is 78.4 cm³/mol. The van der Waals surface area contributed by atoms with E-state index in [2.05, 4.69) is 0 Å². The number of nitro groups is 1. The number of benzene rings is 1. The van der Waals surface area contributed by atoms with Crippen molar-refractivity contribution in [2.75, 3.05) is 25.1 Å². The van der Waals surface area contributed by atoms with Gasteiger partial charge in [0, 0.05) is 30.9 Å². The Balaban J connectivity index is 2.30. The summed E-state index contributed by atoms with van der Waals surface area (Å²) in [6, 6.07) is 4.72. The number of nitrogens with two attached hydrogens (primary N) is 1. The van der Waals surface area contributed by atoms with Crippen molar-refractivity contribution < 1.29 is 14.5 Å². The minimum Gasteiger partial charge on any atom is -0.490 e. The predicted octanol–water partition coefficient (Wildman–Crippen LogP) is 1.70. The molecule has 0 aromatic heterocycles. The molecule has 0 spiro atoms. The van der Waals surface area contributed by atoms with E-state index in [1.807, 2.05) is 11.8 Å². The molecule has 1 fully saturated rings. The molecule has 1 aromatic rings. The Labute approximate surface area is 122 Å². The van der Waals surface area contributed by atoms with Crippen LogP contribution in [0.4, 0.5) is 11.4 Å². The van der Waals surface area contributed by atoms with Gasteiger partial charge < -0.3 is 15.4 Å². The second kappa shape index (κ2) is 5.59. The molecule has 1 aliphatic heterocycles. The van der Waals surface area contributed by atoms with Crippen LogP contribution in [-0.4, -0.2) is 31.0 Å². The average molecular weight is 293 g/mol. The van der Waals surface area contributed by atoms with Gasteiger partial charge in [-0.3, -0.25) is 14.9 Å². The van der Waals surface area contributed by atoms with E-state index in [4.69, 9.17) is 10.5 Å². The van der Waals surface area contributed by atoms with E-state index >= 15 is 0 Å². The van der Waals surface area contributed by atoms with Gasteiger partial charge in [-0.1, -0.05) is 0 Å². The molecule has 1 atom stereocenters. The lowest BCUT2D eigenvalue weighted by molar-refractivity contribution is -0.385. The Hall–Kier alpha value is -2.31. The standard InChI is InChI=1S/C14H19N3O4/c1-14(13(15)18)6-3-7-16(9-14)10-4-5-11(17(19)20)12(8-10)21-2/h4-5,8H,3,6-7,9H2,1-2H3,(H2,15,18). The highest BCUT2D eigenvalue weighted by Crippen LogP contribution is 2.36. The molecule has 1 heterocycles. The van der Waals surface area contributed by atoms with Gasteiger partial charge in [0.15, 0.2) is 5.75 Å². The van der Waals surface area contributed by atoms with Gasteiger partial charge in [-0.2, -0.15) is 0 Å². The van der Waals surface area contributed by atoms with E-state index in [-0.39, 0.29) is 17.3 Å².